The molecule has 4 nitrogen and oxygen atoms in total. The van der Waals surface area contributed by atoms with E-state index >= 15 is 0 Å². The second-order valence-electron chi connectivity index (χ2n) is 4.07. The summed E-state index contributed by atoms with van der Waals surface area (Å²) in [4.78, 5) is 11.9. The number of amides is 1. The van der Waals surface area contributed by atoms with Gasteiger partial charge < -0.3 is 14.5 Å². The van der Waals surface area contributed by atoms with E-state index in [0.717, 1.165) is 11.3 Å². The van der Waals surface area contributed by atoms with E-state index < -0.39 is 0 Å². The Hall–Kier alpha value is -1.94. The molecule has 0 spiro atoms. The van der Waals surface area contributed by atoms with E-state index in [4.69, 9.17) is 20.8 Å². The fourth-order valence-corrected chi connectivity index (χ4v) is 1.83. The second-order valence-corrected chi connectivity index (χ2v) is 4.44. The van der Waals surface area contributed by atoms with E-state index in [9.17, 15) is 4.79 Å². The van der Waals surface area contributed by atoms with E-state index in [-0.39, 0.29) is 22.9 Å². The lowest BCUT2D eigenvalue weighted by atomic mass is 10.1. The van der Waals surface area contributed by atoms with Crippen molar-refractivity contribution in [1.82, 2.24) is 5.32 Å². The third-order valence-electron chi connectivity index (χ3n) is 2.76. The third-order valence-corrected chi connectivity index (χ3v) is 2.96. The van der Waals surface area contributed by atoms with Crippen LogP contribution in [0.25, 0.3) is 0 Å². The smallest absolute Gasteiger partial charge is 0.287 e. The number of nitrogens with one attached hydrogen (secondary N) is 1. The first-order valence-electron chi connectivity index (χ1n) is 5.80. The van der Waals surface area contributed by atoms with Gasteiger partial charge in [0.25, 0.3) is 5.91 Å². The predicted octanol–water partition coefficient (Wildman–Crippen LogP) is 3.43. The lowest BCUT2D eigenvalue weighted by molar-refractivity contribution is 0.0912. The van der Waals surface area contributed by atoms with E-state index in [0.29, 0.717) is 0 Å². The largest absolute Gasteiger partial charge is 0.497 e. The number of rotatable bonds is 4. The number of carbonyl (C=O) groups excluding carboxylic acids is 1. The first kappa shape index (κ1) is 13.5. The number of benzene rings is 1. The summed E-state index contributed by atoms with van der Waals surface area (Å²) in [5.74, 6) is 0.681. The fourth-order valence-electron chi connectivity index (χ4n) is 1.68. The molecule has 1 atom stereocenters. The summed E-state index contributed by atoms with van der Waals surface area (Å²) in [6, 6.07) is 10.4. The Labute approximate surface area is 116 Å². The van der Waals surface area contributed by atoms with Gasteiger partial charge in [0.1, 0.15) is 5.75 Å². The number of halogens is 1. The van der Waals surface area contributed by atoms with Crippen LogP contribution in [0.4, 0.5) is 0 Å². The molecule has 5 heteroatoms. The van der Waals surface area contributed by atoms with Crippen LogP contribution in [0.5, 0.6) is 5.75 Å². The van der Waals surface area contributed by atoms with Crippen molar-refractivity contribution in [2.45, 2.75) is 13.0 Å². The van der Waals surface area contributed by atoms with Crippen molar-refractivity contribution in [2.24, 2.45) is 0 Å². The standard InChI is InChI=1S/C14H14ClNO3/c1-9(10-3-5-11(18-2)6-4-10)16-14(17)12-7-8-13(15)19-12/h3-9H,1-2H3,(H,16,17). The second kappa shape index (κ2) is 5.80. The average molecular weight is 280 g/mol. The van der Waals surface area contributed by atoms with Crippen molar-refractivity contribution in [3.05, 3.63) is 52.9 Å². The van der Waals surface area contributed by atoms with Crippen molar-refractivity contribution >= 4 is 17.5 Å². The highest BCUT2D eigenvalue weighted by molar-refractivity contribution is 6.29. The summed E-state index contributed by atoms with van der Waals surface area (Å²) < 4.78 is 10.1. The first-order chi connectivity index (χ1) is 9.10. The van der Waals surface area contributed by atoms with E-state index in [1.54, 1.807) is 13.2 Å². The predicted molar refractivity (Wildman–Crippen MR) is 72.6 cm³/mol. The topological polar surface area (TPSA) is 51.5 Å². The van der Waals surface area contributed by atoms with Crippen molar-refractivity contribution in [3.63, 3.8) is 0 Å². The summed E-state index contributed by atoms with van der Waals surface area (Å²) in [5.41, 5.74) is 0.979. The Kier molecular flexibility index (Phi) is 4.12. The monoisotopic (exact) mass is 279 g/mol. The maximum absolute atomic E-state index is 11.9. The van der Waals surface area contributed by atoms with Gasteiger partial charge in [0, 0.05) is 0 Å². The van der Waals surface area contributed by atoms with Gasteiger partial charge in [0.05, 0.1) is 13.2 Å². The fraction of sp³-hybridized carbons (Fsp3) is 0.214. The summed E-state index contributed by atoms with van der Waals surface area (Å²) in [7, 11) is 1.61. The Morgan fingerprint density at radius 3 is 2.47 bits per heavy atom. The van der Waals surface area contributed by atoms with E-state index in [1.165, 1.54) is 6.07 Å². The van der Waals surface area contributed by atoms with Crippen molar-refractivity contribution < 1.29 is 13.9 Å². The summed E-state index contributed by atoms with van der Waals surface area (Å²) >= 11 is 5.63. The van der Waals surface area contributed by atoms with Gasteiger partial charge in [-0.1, -0.05) is 12.1 Å². The normalized spacial score (nSPS) is 11.9. The van der Waals surface area contributed by atoms with E-state index in [1.807, 2.05) is 31.2 Å². The summed E-state index contributed by atoms with van der Waals surface area (Å²) in [6.07, 6.45) is 0. The molecule has 1 N–H and O–H groups in total. The number of methoxy groups -OCH3 is 1. The Bertz CT molecular complexity index is 562. The van der Waals surface area contributed by atoms with Crippen LogP contribution in [0.1, 0.15) is 29.1 Å². The molecule has 0 aliphatic rings. The van der Waals surface area contributed by atoms with Crippen molar-refractivity contribution in [1.29, 1.82) is 0 Å². The van der Waals surface area contributed by atoms with Crippen LogP contribution in [0, 0.1) is 0 Å². The molecule has 0 aliphatic carbocycles. The highest BCUT2D eigenvalue weighted by Crippen LogP contribution is 2.18. The maximum Gasteiger partial charge on any atom is 0.287 e. The number of furan rings is 1. The molecule has 0 bridgehead atoms. The molecular formula is C14H14ClNO3. The zero-order chi connectivity index (χ0) is 13.8. The van der Waals surface area contributed by atoms with Gasteiger partial charge >= 0.3 is 0 Å². The molecular weight excluding hydrogens is 266 g/mol. The molecule has 2 aromatic rings. The first-order valence-corrected chi connectivity index (χ1v) is 6.18. The zero-order valence-electron chi connectivity index (χ0n) is 10.6. The minimum Gasteiger partial charge on any atom is -0.497 e. The molecule has 0 radical (unpaired) electrons. The van der Waals surface area contributed by atoms with Gasteiger partial charge in [-0.25, -0.2) is 0 Å². The molecule has 1 amide bonds. The molecule has 0 saturated carbocycles. The van der Waals surface area contributed by atoms with Gasteiger partial charge in [-0.15, -0.1) is 0 Å². The molecule has 100 valence electrons. The van der Waals surface area contributed by atoms with Crippen LogP contribution >= 0.6 is 11.6 Å². The molecule has 1 heterocycles. The maximum atomic E-state index is 11.9. The van der Waals surface area contributed by atoms with Crippen LogP contribution in [-0.4, -0.2) is 13.0 Å². The number of hydrogen-bond donors (Lipinski definition) is 1. The number of hydrogen-bond acceptors (Lipinski definition) is 3. The van der Waals surface area contributed by atoms with Gasteiger partial charge in [0.15, 0.2) is 11.0 Å². The van der Waals surface area contributed by atoms with Crippen LogP contribution in [0.2, 0.25) is 5.22 Å². The minimum absolute atomic E-state index is 0.137. The SMILES string of the molecule is COc1ccc(C(C)NC(=O)c2ccc(Cl)o2)cc1. The molecule has 19 heavy (non-hydrogen) atoms. The lowest BCUT2D eigenvalue weighted by Crippen LogP contribution is -2.26. The van der Waals surface area contributed by atoms with Gasteiger partial charge in [-0.2, -0.15) is 0 Å². The van der Waals surface area contributed by atoms with Crippen LogP contribution in [-0.2, 0) is 0 Å². The molecule has 2 rings (SSSR count). The molecule has 0 fully saturated rings. The van der Waals surface area contributed by atoms with Gasteiger partial charge in [-0.05, 0) is 48.4 Å². The molecule has 1 aromatic heterocycles. The summed E-state index contributed by atoms with van der Waals surface area (Å²) in [5, 5.41) is 3.03. The molecule has 1 aromatic carbocycles. The molecule has 0 saturated heterocycles. The van der Waals surface area contributed by atoms with Crippen LogP contribution in [0.3, 0.4) is 0 Å². The molecule has 1 unspecified atom stereocenters. The van der Waals surface area contributed by atoms with E-state index in [2.05, 4.69) is 5.32 Å². The average Bonchev–Trinajstić information content (AvgIpc) is 2.85. The van der Waals surface area contributed by atoms with Crippen molar-refractivity contribution in [2.75, 3.05) is 7.11 Å². The lowest BCUT2D eigenvalue weighted by Gasteiger charge is -2.13. The Morgan fingerprint density at radius 2 is 1.95 bits per heavy atom. The van der Waals surface area contributed by atoms with Gasteiger partial charge in [0.2, 0.25) is 0 Å². The Balaban J connectivity index is 2.03. The number of carbonyl (C=O) groups is 1. The summed E-state index contributed by atoms with van der Waals surface area (Å²) in [6.45, 7) is 1.89. The molecule has 0 aliphatic heterocycles. The quantitative estimate of drug-likeness (QED) is 0.933. The highest BCUT2D eigenvalue weighted by atomic mass is 35.5. The number of ether oxygens (including phenoxy) is 1. The van der Waals surface area contributed by atoms with Crippen molar-refractivity contribution in [3.8, 4) is 5.75 Å². The van der Waals surface area contributed by atoms with Crippen LogP contribution in [0.15, 0.2) is 40.8 Å². The minimum atomic E-state index is -0.296. The van der Waals surface area contributed by atoms with Gasteiger partial charge in [-0.3, -0.25) is 4.79 Å². The zero-order valence-corrected chi connectivity index (χ0v) is 11.4. The Morgan fingerprint density at radius 1 is 1.26 bits per heavy atom. The van der Waals surface area contributed by atoms with Crippen LogP contribution < -0.4 is 10.1 Å². The third kappa shape index (κ3) is 3.29. The highest BCUT2D eigenvalue weighted by Gasteiger charge is 2.14.